The normalized spacial score (nSPS) is 10.4. The topological polar surface area (TPSA) is 46.0 Å². The molecule has 3 aromatic rings. The van der Waals surface area contributed by atoms with E-state index in [-0.39, 0.29) is 6.61 Å². The highest BCUT2D eigenvalue weighted by Gasteiger charge is 2.02. The van der Waals surface area contributed by atoms with Gasteiger partial charge in [-0.2, -0.15) is 0 Å². The van der Waals surface area contributed by atoms with E-state index in [9.17, 15) is 0 Å². The van der Waals surface area contributed by atoms with Crippen molar-refractivity contribution in [1.29, 1.82) is 0 Å². The van der Waals surface area contributed by atoms with Crippen LogP contribution >= 0.6 is 0 Å². The van der Waals surface area contributed by atoms with Gasteiger partial charge in [0.2, 0.25) is 0 Å². The van der Waals surface area contributed by atoms with Crippen molar-refractivity contribution in [2.75, 3.05) is 0 Å². The first-order valence-electron chi connectivity index (χ1n) is 6.45. The van der Waals surface area contributed by atoms with Crippen LogP contribution in [0, 0.1) is 0 Å². The monoisotopic (exact) mass is 262 g/mol. The molecular weight excluding hydrogens is 248 g/mol. The molecule has 2 aromatic carbocycles. The van der Waals surface area contributed by atoms with Gasteiger partial charge < -0.3 is 5.11 Å². The van der Waals surface area contributed by atoms with Gasteiger partial charge in [0.25, 0.3) is 0 Å². The fraction of sp³-hybridized carbons (Fsp3) is 0.0588. The molecule has 1 aromatic heterocycles. The molecule has 0 saturated heterocycles. The second-order valence-electron chi connectivity index (χ2n) is 4.46. The summed E-state index contributed by atoms with van der Waals surface area (Å²) in [6, 6.07) is 20.3. The summed E-state index contributed by atoms with van der Waals surface area (Å²) in [5, 5.41) is 9.08. The predicted molar refractivity (Wildman–Crippen MR) is 78.8 cm³/mol. The van der Waals surface area contributed by atoms with Crippen LogP contribution in [0.5, 0.6) is 0 Å². The molecule has 0 aliphatic rings. The van der Waals surface area contributed by atoms with Crippen molar-refractivity contribution in [2.24, 2.45) is 0 Å². The molecule has 0 radical (unpaired) electrons. The lowest BCUT2D eigenvalue weighted by atomic mass is 10.0. The molecule has 1 N–H and O–H groups in total. The zero-order valence-electron chi connectivity index (χ0n) is 10.9. The van der Waals surface area contributed by atoms with E-state index in [1.165, 1.54) is 11.1 Å². The standard InChI is InChI=1S/C17H14N2O/c20-12-17-18-11-10-16(19-17)15-8-6-14(7-9-15)13-4-2-1-3-5-13/h1-11,20H,12H2. The third kappa shape index (κ3) is 2.58. The Morgan fingerprint density at radius 2 is 1.40 bits per heavy atom. The van der Waals surface area contributed by atoms with Crippen molar-refractivity contribution >= 4 is 0 Å². The van der Waals surface area contributed by atoms with Crippen LogP contribution in [-0.2, 0) is 6.61 Å². The highest BCUT2D eigenvalue weighted by Crippen LogP contribution is 2.23. The molecule has 3 nitrogen and oxygen atoms in total. The van der Waals surface area contributed by atoms with E-state index < -0.39 is 0 Å². The van der Waals surface area contributed by atoms with E-state index >= 15 is 0 Å². The van der Waals surface area contributed by atoms with E-state index in [0.29, 0.717) is 5.82 Å². The molecule has 0 amide bonds. The SMILES string of the molecule is OCc1nccc(-c2ccc(-c3ccccc3)cc2)n1. The first-order valence-corrected chi connectivity index (χ1v) is 6.45. The molecule has 0 bridgehead atoms. The number of nitrogens with zero attached hydrogens (tertiary/aromatic N) is 2. The Balaban J connectivity index is 1.93. The van der Waals surface area contributed by atoms with Gasteiger partial charge in [-0.05, 0) is 17.2 Å². The average Bonchev–Trinajstić information content (AvgIpc) is 2.56. The zero-order valence-corrected chi connectivity index (χ0v) is 10.9. The molecule has 0 saturated carbocycles. The van der Waals surface area contributed by atoms with E-state index in [1.807, 2.05) is 36.4 Å². The number of hydrogen-bond acceptors (Lipinski definition) is 3. The number of hydrogen-bond donors (Lipinski definition) is 1. The Morgan fingerprint density at radius 3 is 2.10 bits per heavy atom. The fourth-order valence-electron chi connectivity index (χ4n) is 2.10. The van der Waals surface area contributed by atoms with Crippen LogP contribution in [0.25, 0.3) is 22.4 Å². The van der Waals surface area contributed by atoms with Crippen LogP contribution in [0.2, 0.25) is 0 Å². The highest BCUT2D eigenvalue weighted by molar-refractivity contribution is 5.68. The van der Waals surface area contributed by atoms with Crippen LogP contribution in [0.1, 0.15) is 5.82 Å². The number of rotatable bonds is 3. The quantitative estimate of drug-likeness (QED) is 0.787. The minimum Gasteiger partial charge on any atom is -0.388 e. The van der Waals surface area contributed by atoms with Gasteiger partial charge in [0.05, 0.1) is 5.69 Å². The van der Waals surface area contributed by atoms with E-state index in [4.69, 9.17) is 5.11 Å². The predicted octanol–water partition coefficient (Wildman–Crippen LogP) is 3.30. The highest BCUT2D eigenvalue weighted by atomic mass is 16.3. The molecule has 98 valence electrons. The maximum Gasteiger partial charge on any atom is 0.154 e. The van der Waals surface area contributed by atoms with Crippen LogP contribution < -0.4 is 0 Å². The molecule has 0 aliphatic heterocycles. The maximum atomic E-state index is 9.08. The van der Waals surface area contributed by atoms with Gasteiger partial charge in [0, 0.05) is 11.8 Å². The summed E-state index contributed by atoms with van der Waals surface area (Å²) in [7, 11) is 0. The number of aromatic nitrogens is 2. The summed E-state index contributed by atoms with van der Waals surface area (Å²) in [5.74, 6) is 0.439. The summed E-state index contributed by atoms with van der Waals surface area (Å²) in [5.41, 5.74) is 4.20. The molecule has 0 atom stereocenters. The van der Waals surface area contributed by atoms with Gasteiger partial charge in [0.1, 0.15) is 6.61 Å². The van der Waals surface area contributed by atoms with Gasteiger partial charge >= 0.3 is 0 Å². The molecule has 20 heavy (non-hydrogen) atoms. The van der Waals surface area contributed by atoms with Crippen LogP contribution in [0.15, 0.2) is 66.9 Å². The largest absolute Gasteiger partial charge is 0.388 e. The van der Waals surface area contributed by atoms with E-state index in [1.54, 1.807) is 6.20 Å². The summed E-state index contributed by atoms with van der Waals surface area (Å²) < 4.78 is 0. The zero-order chi connectivity index (χ0) is 13.8. The van der Waals surface area contributed by atoms with Gasteiger partial charge in [-0.1, -0.05) is 54.6 Å². The Morgan fingerprint density at radius 1 is 0.750 bits per heavy atom. The molecule has 0 spiro atoms. The second-order valence-corrected chi connectivity index (χ2v) is 4.46. The molecular formula is C17H14N2O. The summed E-state index contributed by atoms with van der Waals surface area (Å²) in [4.78, 5) is 8.29. The summed E-state index contributed by atoms with van der Waals surface area (Å²) >= 11 is 0. The molecule has 1 heterocycles. The third-order valence-electron chi connectivity index (χ3n) is 3.13. The molecule has 0 fully saturated rings. The molecule has 0 unspecified atom stereocenters. The lowest BCUT2D eigenvalue weighted by molar-refractivity contribution is 0.271. The maximum absolute atomic E-state index is 9.08. The van der Waals surface area contributed by atoms with E-state index in [2.05, 4.69) is 34.2 Å². The first-order chi connectivity index (χ1) is 9.86. The minimum absolute atomic E-state index is 0.143. The molecule has 3 heteroatoms. The minimum atomic E-state index is -0.143. The summed E-state index contributed by atoms with van der Waals surface area (Å²) in [6.07, 6.45) is 1.67. The third-order valence-corrected chi connectivity index (χ3v) is 3.13. The van der Waals surface area contributed by atoms with Gasteiger partial charge in [-0.3, -0.25) is 0 Å². The lowest BCUT2D eigenvalue weighted by Gasteiger charge is -2.05. The Hall–Kier alpha value is -2.52. The Bertz CT molecular complexity index is 694. The van der Waals surface area contributed by atoms with Crippen LogP contribution in [-0.4, -0.2) is 15.1 Å². The number of aliphatic hydroxyl groups is 1. The van der Waals surface area contributed by atoms with Gasteiger partial charge in [-0.25, -0.2) is 9.97 Å². The lowest BCUT2D eigenvalue weighted by Crippen LogP contribution is -1.95. The van der Waals surface area contributed by atoms with Gasteiger partial charge in [-0.15, -0.1) is 0 Å². The Labute approximate surface area is 117 Å². The molecule has 0 aliphatic carbocycles. The average molecular weight is 262 g/mol. The van der Waals surface area contributed by atoms with E-state index in [0.717, 1.165) is 11.3 Å². The van der Waals surface area contributed by atoms with Crippen LogP contribution in [0.4, 0.5) is 0 Å². The summed E-state index contributed by atoms with van der Waals surface area (Å²) in [6.45, 7) is -0.143. The van der Waals surface area contributed by atoms with Crippen molar-refractivity contribution in [3.8, 4) is 22.4 Å². The van der Waals surface area contributed by atoms with Crippen molar-refractivity contribution in [3.05, 3.63) is 72.7 Å². The second kappa shape index (κ2) is 5.63. The fourth-order valence-corrected chi connectivity index (χ4v) is 2.10. The molecule has 3 rings (SSSR count). The van der Waals surface area contributed by atoms with Gasteiger partial charge in [0.15, 0.2) is 5.82 Å². The number of aliphatic hydroxyl groups excluding tert-OH is 1. The van der Waals surface area contributed by atoms with Crippen molar-refractivity contribution in [3.63, 3.8) is 0 Å². The number of benzene rings is 2. The first kappa shape index (κ1) is 12.5. The van der Waals surface area contributed by atoms with Crippen LogP contribution in [0.3, 0.4) is 0 Å². The smallest absolute Gasteiger partial charge is 0.154 e. The van der Waals surface area contributed by atoms with Crippen molar-refractivity contribution in [1.82, 2.24) is 9.97 Å². The van der Waals surface area contributed by atoms with Crippen molar-refractivity contribution < 1.29 is 5.11 Å². The van der Waals surface area contributed by atoms with Crippen molar-refractivity contribution in [2.45, 2.75) is 6.61 Å². The Kier molecular flexibility index (Phi) is 3.52.